The molecule has 4 aliphatic rings. The average molecular weight is 1770 g/mol. The second-order valence-corrected chi connectivity index (χ2v) is 33.9. The summed E-state index contributed by atoms with van der Waals surface area (Å²) in [4.78, 5) is 0. The fourth-order valence-electron chi connectivity index (χ4n) is 19.1. The summed E-state index contributed by atoms with van der Waals surface area (Å²) >= 11 is 0. The maximum absolute atomic E-state index is 14.4. The summed E-state index contributed by atoms with van der Waals surface area (Å²) in [6.07, 6.45) is 2.71. The molecule has 0 amide bonds. The lowest BCUT2D eigenvalue weighted by molar-refractivity contribution is 0.244. The monoisotopic (exact) mass is 1770 g/mol. The van der Waals surface area contributed by atoms with E-state index in [9.17, 15) is 65.7 Å². The summed E-state index contributed by atoms with van der Waals surface area (Å²) in [5.74, 6) is 4.14. The van der Waals surface area contributed by atoms with Crippen molar-refractivity contribution in [2.24, 2.45) is 0 Å². The highest BCUT2D eigenvalue weighted by molar-refractivity contribution is 5.67. The van der Waals surface area contributed by atoms with Crippen molar-refractivity contribution in [1.82, 2.24) is 0 Å². The van der Waals surface area contributed by atoms with Crippen LogP contribution in [0.5, 0.6) is 126 Å². The van der Waals surface area contributed by atoms with E-state index in [1.165, 1.54) is 54.8 Å². The van der Waals surface area contributed by atoms with E-state index in [0.717, 1.165) is 140 Å². The summed E-state index contributed by atoms with van der Waals surface area (Å²) in [7, 11) is 8.93. The quantitative estimate of drug-likeness (QED) is 0.0380. The molecular weight excluding hydrogens is 1660 g/mol. The molecule has 0 bridgehead atoms. The van der Waals surface area contributed by atoms with E-state index in [0.29, 0.717) is 102 Å². The SMILES string of the molecule is CCc1cc2c(c(C)c1O)OCC(c1cc(C)c(O)c(C)c1)C2c1ccc(O)c(C)c1.CCc1cc2c(c(C)c1O)OCC(c1cc(OC)c(O)c(OC)c1)C2c1ccc(O)c(C)c1.CCc1cc2c(c(C)c1O)OCC(c1cc(OC)c(O)c(OC)c1)C2c1ccc(O)c(F)c1.CCc1cc2c(c(C)c1O)OCC(c1cc(OC)c(O)c(OC)c1)C2c1ccc(O)cc1C. The third-order valence-corrected chi connectivity index (χ3v) is 26.3. The molecule has 684 valence electrons. The fourth-order valence-corrected chi connectivity index (χ4v) is 19.1. The molecule has 0 spiro atoms. The van der Waals surface area contributed by atoms with Gasteiger partial charge in [-0.05, 0) is 280 Å². The van der Waals surface area contributed by atoms with Gasteiger partial charge < -0.3 is 109 Å². The minimum Gasteiger partial charge on any atom is -0.508 e. The molecule has 22 nitrogen and oxygen atoms in total. The predicted molar refractivity (Wildman–Crippen MR) is 497 cm³/mol. The zero-order valence-electron chi connectivity index (χ0n) is 77.0. The topological polar surface area (TPSA) is 335 Å². The van der Waals surface area contributed by atoms with Crippen LogP contribution in [0.3, 0.4) is 0 Å². The number of hydrogen-bond donors (Lipinski definition) is 12. The number of aryl methyl sites for hydroxylation is 9. The second-order valence-electron chi connectivity index (χ2n) is 33.9. The highest BCUT2D eigenvalue weighted by Crippen LogP contribution is 2.58. The Morgan fingerprint density at radius 2 is 0.523 bits per heavy atom. The van der Waals surface area contributed by atoms with Crippen LogP contribution in [0.2, 0.25) is 0 Å². The molecule has 4 aliphatic heterocycles. The Hall–Kier alpha value is -13.8. The van der Waals surface area contributed by atoms with Crippen LogP contribution >= 0.6 is 0 Å². The van der Waals surface area contributed by atoms with Crippen LogP contribution in [0.25, 0.3) is 0 Å². The number of ether oxygens (including phenoxy) is 10. The van der Waals surface area contributed by atoms with E-state index in [4.69, 9.17) is 47.4 Å². The summed E-state index contributed by atoms with van der Waals surface area (Å²) in [6.45, 7) is 26.5. The van der Waals surface area contributed by atoms with Gasteiger partial charge in [-0.15, -0.1) is 0 Å². The van der Waals surface area contributed by atoms with Crippen molar-refractivity contribution in [1.29, 1.82) is 0 Å². The first-order chi connectivity index (χ1) is 62.1. The van der Waals surface area contributed by atoms with Gasteiger partial charge in [-0.25, -0.2) is 4.39 Å². The summed E-state index contributed by atoms with van der Waals surface area (Å²) in [5, 5.41) is 124. The smallest absolute Gasteiger partial charge is 0.200 e. The van der Waals surface area contributed by atoms with E-state index in [1.54, 1.807) is 49.4 Å². The number of methoxy groups -OCH3 is 6. The highest BCUT2D eigenvalue weighted by atomic mass is 19.1. The lowest BCUT2D eigenvalue weighted by Crippen LogP contribution is -2.26. The Bertz CT molecular complexity index is 5980. The highest BCUT2D eigenvalue weighted by Gasteiger charge is 2.43. The third-order valence-electron chi connectivity index (χ3n) is 26.3. The molecule has 16 rings (SSSR count). The average Bonchev–Trinajstić information content (AvgIpc) is 0.741. The Labute approximate surface area is 758 Å². The second kappa shape index (κ2) is 39.0. The molecule has 0 aromatic heterocycles. The van der Waals surface area contributed by atoms with Gasteiger partial charge in [0.25, 0.3) is 0 Å². The van der Waals surface area contributed by atoms with E-state index in [1.807, 2.05) is 168 Å². The molecule has 8 atom stereocenters. The molecule has 4 heterocycles. The van der Waals surface area contributed by atoms with E-state index in [2.05, 4.69) is 6.07 Å². The number of aromatic hydroxyl groups is 12. The molecule has 12 aromatic carbocycles. The molecule has 12 aromatic rings. The lowest BCUT2D eigenvalue weighted by atomic mass is 9.73. The molecule has 0 saturated heterocycles. The van der Waals surface area contributed by atoms with Crippen molar-refractivity contribution in [3.8, 4) is 126 Å². The zero-order chi connectivity index (χ0) is 94.0. The molecule has 0 radical (unpaired) electrons. The van der Waals surface area contributed by atoms with Crippen molar-refractivity contribution in [2.75, 3.05) is 69.1 Å². The van der Waals surface area contributed by atoms with Crippen molar-refractivity contribution >= 4 is 0 Å². The minimum absolute atomic E-state index is 0.00371. The van der Waals surface area contributed by atoms with E-state index < -0.39 is 11.6 Å². The normalized spacial score (nSPS) is 17.4. The van der Waals surface area contributed by atoms with Crippen LogP contribution in [0.15, 0.2) is 146 Å². The number of hydrogen-bond acceptors (Lipinski definition) is 22. The van der Waals surface area contributed by atoms with Gasteiger partial charge in [-0.3, -0.25) is 0 Å². The summed E-state index contributed by atoms with van der Waals surface area (Å²) in [5.41, 5.74) is 21.8. The van der Waals surface area contributed by atoms with Crippen molar-refractivity contribution in [2.45, 2.75) is 163 Å². The first-order valence-electron chi connectivity index (χ1n) is 43.6. The molecule has 0 saturated carbocycles. The molecule has 12 N–H and O–H groups in total. The Kier molecular flexibility index (Phi) is 28.1. The van der Waals surface area contributed by atoms with E-state index >= 15 is 0 Å². The van der Waals surface area contributed by atoms with Crippen LogP contribution in [0.4, 0.5) is 4.39 Å². The zero-order valence-corrected chi connectivity index (χ0v) is 77.0. The van der Waals surface area contributed by atoms with Gasteiger partial charge in [0, 0.05) is 91.9 Å². The molecule has 130 heavy (non-hydrogen) atoms. The van der Waals surface area contributed by atoms with Gasteiger partial charge in [-0.1, -0.05) is 76.2 Å². The van der Waals surface area contributed by atoms with Crippen LogP contribution in [0, 0.1) is 68.1 Å². The van der Waals surface area contributed by atoms with Crippen LogP contribution in [0.1, 0.15) is 214 Å². The van der Waals surface area contributed by atoms with Gasteiger partial charge in [-0.2, -0.15) is 0 Å². The predicted octanol–water partition coefficient (Wildman–Crippen LogP) is 21.7. The molecule has 8 unspecified atom stereocenters. The molecule has 0 fully saturated rings. The first-order valence-corrected chi connectivity index (χ1v) is 43.6. The van der Waals surface area contributed by atoms with Gasteiger partial charge >= 0.3 is 0 Å². The van der Waals surface area contributed by atoms with Gasteiger partial charge in [0.05, 0.1) is 69.1 Å². The molecule has 0 aliphatic carbocycles. The van der Waals surface area contributed by atoms with Crippen molar-refractivity contribution < 1.29 is 113 Å². The Morgan fingerprint density at radius 1 is 0.262 bits per heavy atom. The molecular formula is C107H117FO22. The maximum Gasteiger partial charge on any atom is 0.200 e. The number of phenols is 12. The number of fused-ring (bicyclic) bond motifs is 4. The standard InChI is InChI=1S/2C27H30O6.C27H30O4.C26H27FO6/c1-6-16-10-20-24(19-8-7-18(28)9-14(19)2)21(13-33-27(20)15(3)25(16)29)17-11-22(31-4)26(30)23(12-17)32-5;1-6-16-10-19-24(17-7-8-21(28)14(2)9-17)20(13-33-27(19)15(3)25(16)29)18-11-22(31-4)26(30)23(12-18)32-5;1-6-18-12-21-24(19-7-8-23(28)14(2)9-19)22(13-31-27(21)17(5)26(18)30)20-10-15(3)25(29)16(4)11-20;1-5-14-8-17-23(15-6-7-20(28)19(27)9-15)18(12-33-26(17)13(2)24(14)29)16-10-21(31-3)25(30)22(11-16)32-4/h7-12,21,24,28-30H,6,13H2,1-5H3;7-12,20,24,28-30H,6,13H2,1-5H3;7-12,22,24,28-30H,6,13H2,1-5H3;6-11,18,23,28-30H,5,12H2,1-4H3. The number of rotatable bonds is 18. The maximum atomic E-state index is 14.4. The Morgan fingerprint density at radius 3 is 0.792 bits per heavy atom. The fraction of sp³-hybridized carbons (Fsp3) is 0.327. The lowest BCUT2D eigenvalue weighted by Gasteiger charge is -2.37. The largest absolute Gasteiger partial charge is 0.508 e. The third kappa shape index (κ3) is 17.9. The number of phenolic OH excluding ortho intramolecular Hbond substituents is 12. The number of halogens is 1. The van der Waals surface area contributed by atoms with Crippen molar-refractivity contribution in [3.05, 3.63) is 290 Å². The van der Waals surface area contributed by atoms with Crippen LogP contribution in [-0.2, 0) is 25.7 Å². The van der Waals surface area contributed by atoms with Gasteiger partial charge in [0.15, 0.2) is 46.1 Å². The molecule has 23 heteroatoms. The van der Waals surface area contributed by atoms with Crippen LogP contribution in [-0.4, -0.2) is 130 Å². The first kappa shape index (κ1) is 93.8. The van der Waals surface area contributed by atoms with Crippen molar-refractivity contribution in [3.63, 3.8) is 0 Å². The van der Waals surface area contributed by atoms with E-state index in [-0.39, 0.29) is 117 Å². The van der Waals surface area contributed by atoms with Crippen LogP contribution < -0.4 is 47.4 Å². The number of benzene rings is 12. The Balaban J connectivity index is 0.000000148. The minimum atomic E-state index is -0.716. The summed E-state index contributed by atoms with van der Waals surface area (Å²) < 4.78 is 71.6. The van der Waals surface area contributed by atoms with Gasteiger partial charge in [0.2, 0.25) is 17.2 Å². The van der Waals surface area contributed by atoms with Gasteiger partial charge in [0.1, 0.15) is 69.0 Å². The summed E-state index contributed by atoms with van der Waals surface area (Å²) in [6, 6.07) is 43.9.